The largest absolute Gasteiger partial charge is 0.325 e. The summed E-state index contributed by atoms with van der Waals surface area (Å²) in [5.74, 6) is 1.70. The summed E-state index contributed by atoms with van der Waals surface area (Å²) in [4.78, 5) is 14.1. The van der Waals surface area contributed by atoms with Gasteiger partial charge in [-0.15, -0.1) is 21.5 Å². The summed E-state index contributed by atoms with van der Waals surface area (Å²) in [5, 5.41) is 14.9. The normalized spacial score (nSPS) is 11.4. The third-order valence-corrected chi connectivity index (χ3v) is 7.44. The van der Waals surface area contributed by atoms with Gasteiger partial charge in [-0.05, 0) is 40.0 Å². The van der Waals surface area contributed by atoms with Crippen LogP contribution in [0.15, 0.2) is 71.2 Å². The van der Waals surface area contributed by atoms with Gasteiger partial charge >= 0.3 is 0 Å². The second kappa shape index (κ2) is 11.0. The van der Waals surface area contributed by atoms with Gasteiger partial charge in [0.2, 0.25) is 5.91 Å². The second-order valence-electron chi connectivity index (χ2n) is 8.81. The van der Waals surface area contributed by atoms with Gasteiger partial charge in [-0.25, -0.2) is 0 Å². The van der Waals surface area contributed by atoms with Gasteiger partial charge in [0.1, 0.15) is 0 Å². The van der Waals surface area contributed by atoms with Crippen molar-refractivity contribution in [1.82, 2.24) is 14.8 Å². The highest BCUT2D eigenvalue weighted by Crippen LogP contribution is 2.33. The van der Waals surface area contributed by atoms with E-state index >= 15 is 0 Å². The van der Waals surface area contributed by atoms with Crippen molar-refractivity contribution in [2.75, 3.05) is 11.1 Å². The molecule has 4 aromatic rings. The Balaban J connectivity index is 1.55. The molecule has 0 atom stereocenters. The molecule has 0 aliphatic heterocycles. The Labute approximate surface area is 209 Å². The fourth-order valence-electron chi connectivity index (χ4n) is 3.89. The van der Waals surface area contributed by atoms with Crippen molar-refractivity contribution >= 4 is 34.7 Å². The maximum absolute atomic E-state index is 13.1. The van der Waals surface area contributed by atoms with E-state index in [1.54, 1.807) is 11.3 Å². The quantitative estimate of drug-likeness (QED) is 0.256. The summed E-state index contributed by atoms with van der Waals surface area (Å²) in [5.41, 5.74) is 4.44. The zero-order chi connectivity index (χ0) is 24.1. The third-order valence-electron chi connectivity index (χ3n) is 5.61. The molecule has 0 aliphatic carbocycles. The molecule has 1 amide bonds. The number of benzene rings is 2. The minimum Gasteiger partial charge on any atom is -0.325 e. The van der Waals surface area contributed by atoms with Crippen LogP contribution < -0.4 is 5.32 Å². The van der Waals surface area contributed by atoms with Crippen molar-refractivity contribution in [3.05, 3.63) is 82.7 Å². The molecule has 0 radical (unpaired) electrons. The average Bonchev–Trinajstić information content (AvgIpc) is 3.48. The minimum absolute atomic E-state index is 0.0352. The number of thioether (sulfide) groups is 1. The fraction of sp³-hybridized carbons (Fsp3) is 0.296. The molecule has 5 nitrogen and oxygen atoms in total. The lowest BCUT2D eigenvalue weighted by molar-refractivity contribution is -0.113. The standard InChI is InChI=1S/C27H30N4OS2/c1-18(2)21-12-8-13-22(19(3)4)25(21)28-24(32)17-34-27-30-29-26(23-14-9-15-33-23)31(27)16-20-10-6-5-7-11-20/h5-15,18-19H,16-17H2,1-4H3,(H,28,32). The molecule has 176 valence electrons. The first-order chi connectivity index (χ1) is 16.4. The maximum atomic E-state index is 13.1. The van der Waals surface area contributed by atoms with Gasteiger partial charge in [0.25, 0.3) is 0 Å². The van der Waals surface area contributed by atoms with E-state index in [0.717, 1.165) is 32.7 Å². The van der Waals surface area contributed by atoms with Crippen LogP contribution in [0.3, 0.4) is 0 Å². The molecular formula is C27H30N4OS2. The molecule has 1 N–H and O–H groups in total. The van der Waals surface area contributed by atoms with Gasteiger partial charge in [0, 0.05) is 5.69 Å². The van der Waals surface area contributed by atoms with Crippen molar-refractivity contribution in [2.45, 2.75) is 51.2 Å². The van der Waals surface area contributed by atoms with Crippen molar-refractivity contribution in [3.8, 4) is 10.7 Å². The zero-order valence-electron chi connectivity index (χ0n) is 20.0. The van der Waals surface area contributed by atoms with Crippen molar-refractivity contribution < 1.29 is 4.79 Å². The molecule has 0 saturated carbocycles. The number of amides is 1. The first kappa shape index (κ1) is 24.2. The molecule has 4 rings (SSSR count). The molecule has 2 aromatic carbocycles. The Hall–Kier alpha value is -2.90. The lowest BCUT2D eigenvalue weighted by Crippen LogP contribution is -2.18. The second-order valence-corrected chi connectivity index (χ2v) is 10.7. The van der Waals surface area contributed by atoms with E-state index in [1.807, 2.05) is 35.7 Å². The predicted octanol–water partition coefficient (Wildman–Crippen LogP) is 7.03. The maximum Gasteiger partial charge on any atom is 0.234 e. The summed E-state index contributed by atoms with van der Waals surface area (Å²) >= 11 is 3.06. The van der Waals surface area contributed by atoms with E-state index in [2.05, 4.69) is 78.1 Å². The molecule has 0 saturated heterocycles. The number of aromatic nitrogens is 3. The Morgan fingerprint density at radius 2 is 1.65 bits per heavy atom. The number of para-hydroxylation sites is 1. The lowest BCUT2D eigenvalue weighted by Gasteiger charge is -2.20. The molecule has 2 heterocycles. The summed E-state index contributed by atoms with van der Waals surface area (Å²) in [7, 11) is 0. The van der Waals surface area contributed by atoms with Crippen molar-refractivity contribution in [1.29, 1.82) is 0 Å². The van der Waals surface area contributed by atoms with Crippen LogP contribution in [-0.2, 0) is 11.3 Å². The van der Waals surface area contributed by atoms with Crippen LogP contribution >= 0.6 is 23.1 Å². The number of carbonyl (C=O) groups excluding carboxylic acids is 1. The first-order valence-corrected chi connectivity index (χ1v) is 13.4. The van der Waals surface area contributed by atoms with Crippen LogP contribution in [0.25, 0.3) is 10.7 Å². The monoisotopic (exact) mass is 490 g/mol. The van der Waals surface area contributed by atoms with E-state index in [9.17, 15) is 4.79 Å². The van der Waals surface area contributed by atoms with E-state index < -0.39 is 0 Å². The van der Waals surface area contributed by atoms with Crippen molar-refractivity contribution in [3.63, 3.8) is 0 Å². The summed E-state index contributed by atoms with van der Waals surface area (Å²) in [6.07, 6.45) is 0. The van der Waals surface area contributed by atoms with Gasteiger partial charge in [-0.3, -0.25) is 9.36 Å². The van der Waals surface area contributed by atoms with Gasteiger partial charge < -0.3 is 5.32 Å². The molecule has 0 unspecified atom stereocenters. The van der Waals surface area contributed by atoms with Gasteiger partial charge in [-0.2, -0.15) is 0 Å². The van der Waals surface area contributed by atoms with Crippen LogP contribution in [-0.4, -0.2) is 26.4 Å². The average molecular weight is 491 g/mol. The highest BCUT2D eigenvalue weighted by molar-refractivity contribution is 7.99. The Morgan fingerprint density at radius 3 is 2.26 bits per heavy atom. The number of hydrogen-bond donors (Lipinski definition) is 1. The van der Waals surface area contributed by atoms with Crippen LogP contribution in [0.4, 0.5) is 5.69 Å². The van der Waals surface area contributed by atoms with E-state index in [-0.39, 0.29) is 11.7 Å². The van der Waals surface area contributed by atoms with E-state index in [1.165, 1.54) is 17.3 Å². The molecule has 7 heteroatoms. The molecule has 2 aromatic heterocycles. The van der Waals surface area contributed by atoms with Crippen LogP contribution in [0, 0.1) is 0 Å². The number of hydrogen-bond acceptors (Lipinski definition) is 5. The SMILES string of the molecule is CC(C)c1cccc(C(C)C)c1NC(=O)CSc1nnc(-c2cccs2)n1Cc1ccccc1. The lowest BCUT2D eigenvalue weighted by atomic mass is 9.92. The highest BCUT2D eigenvalue weighted by atomic mass is 32.2. The predicted molar refractivity (Wildman–Crippen MR) is 143 cm³/mol. The van der Waals surface area contributed by atoms with Crippen LogP contribution in [0.1, 0.15) is 56.2 Å². The van der Waals surface area contributed by atoms with Gasteiger partial charge in [0.15, 0.2) is 11.0 Å². The fourth-order valence-corrected chi connectivity index (χ4v) is 5.35. The molecular weight excluding hydrogens is 460 g/mol. The van der Waals surface area contributed by atoms with Gasteiger partial charge in [-0.1, -0.05) is 94.1 Å². The van der Waals surface area contributed by atoms with E-state index in [4.69, 9.17) is 0 Å². The Morgan fingerprint density at radius 1 is 0.941 bits per heavy atom. The zero-order valence-corrected chi connectivity index (χ0v) is 21.6. The molecule has 34 heavy (non-hydrogen) atoms. The third kappa shape index (κ3) is 5.59. The van der Waals surface area contributed by atoms with Crippen LogP contribution in [0.5, 0.6) is 0 Å². The number of thiophene rings is 1. The number of nitrogens with zero attached hydrogens (tertiary/aromatic N) is 3. The van der Waals surface area contributed by atoms with E-state index in [0.29, 0.717) is 18.4 Å². The minimum atomic E-state index is -0.0352. The number of anilines is 1. The Bertz CT molecular complexity index is 1200. The summed E-state index contributed by atoms with van der Waals surface area (Å²) in [6, 6.07) is 20.6. The number of nitrogens with one attached hydrogen (secondary N) is 1. The highest BCUT2D eigenvalue weighted by Gasteiger charge is 2.19. The topological polar surface area (TPSA) is 59.8 Å². The molecule has 0 bridgehead atoms. The number of carbonyl (C=O) groups is 1. The molecule has 0 fully saturated rings. The summed E-state index contributed by atoms with van der Waals surface area (Å²) in [6.45, 7) is 9.27. The van der Waals surface area contributed by atoms with Crippen molar-refractivity contribution in [2.24, 2.45) is 0 Å². The molecule has 0 aliphatic rings. The molecule has 0 spiro atoms. The van der Waals surface area contributed by atoms with Crippen LogP contribution in [0.2, 0.25) is 0 Å². The Kier molecular flexibility index (Phi) is 7.85. The number of rotatable bonds is 9. The van der Waals surface area contributed by atoms with Gasteiger partial charge in [0.05, 0.1) is 17.2 Å². The smallest absolute Gasteiger partial charge is 0.234 e. The first-order valence-electron chi connectivity index (χ1n) is 11.5. The summed E-state index contributed by atoms with van der Waals surface area (Å²) < 4.78 is 2.10.